The molecule has 1 aromatic heterocycles. The predicted octanol–water partition coefficient (Wildman–Crippen LogP) is 2.92. The fourth-order valence-corrected chi connectivity index (χ4v) is 3.96. The van der Waals surface area contributed by atoms with Crippen LogP contribution in [-0.2, 0) is 4.79 Å². The molecule has 3 amide bonds. The molecule has 9 heteroatoms. The van der Waals surface area contributed by atoms with Gasteiger partial charge in [0.2, 0.25) is 6.17 Å². The van der Waals surface area contributed by atoms with E-state index < -0.39 is 12.2 Å². The van der Waals surface area contributed by atoms with E-state index in [0.717, 1.165) is 51.1 Å². The number of likely N-dealkylation sites (N-methyl/N-ethyl adjacent to an activating group) is 1. The first-order chi connectivity index (χ1) is 15.5. The molecule has 1 aromatic carbocycles. The highest BCUT2D eigenvalue weighted by Crippen LogP contribution is 2.23. The summed E-state index contributed by atoms with van der Waals surface area (Å²) < 4.78 is 5.76. The number of amides is 3. The molecule has 0 aliphatic carbocycles. The number of aliphatic imine (C=N–C) groups is 1. The van der Waals surface area contributed by atoms with Crippen LogP contribution in [0, 0.1) is 0 Å². The van der Waals surface area contributed by atoms with E-state index in [4.69, 9.17) is 16.0 Å². The molecule has 0 radical (unpaired) electrons. The molecule has 2 aliphatic heterocycles. The first kappa shape index (κ1) is 22.5. The van der Waals surface area contributed by atoms with Gasteiger partial charge in [-0.3, -0.25) is 14.7 Å². The Hall–Kier alpha value is -2.68. The second-order valence-electron chi connectivity index (χ2n) is 8.18. The van der Waals surface area contributed by atoms with E-state index in [1.165, 1.54) is 11.1 Å². The van der Waals surface area contributed by atoms with Crippen LogP contribution in [0.3, 0.4) is 0 Å². The summed E-state index contributed by atoms with van der Waals surface area (Å²) in [5, 5.41) is 3.29. The number of rotatable bonds is 8. The molecule has 2 fully saturated rings. The Morgan fingerprint density at radius 2 is 1.78 bits per heavy atom. The van der Waals surface area contributed by atoms with Gasteiger partial charge in [-0.1, -0.05) is 11.6 Å². The largest absolute Gasteiger partial charge is 0.455 e. The number of piperazine rings is 1. The van der Waals surface area contributed by atoms with E-state index in [-0.39, 0.29) is 5.91 Å². The summed E-state index contributed by atoms with van der Waals surface area (Å²) in [5.74, 6) is 0.852. The highest BCUT2D eigenvalue weighted by Gasteiger charge is 2.37. The number of unbranched alkanes of at least 4 members (excludes halogenated alkanes) is 1. The van der Waals surface area contributed by atoms with Gasteiger partial charge in [-0.05, 0) is 62.8 Å². The van der Waals surface area contributed by atoms with Crippen LogP contribution in [0.15, 0.2) is 45.8 Å². The zero-order valence-corrected chi connectivity index (χ0v) is 18.9. The molecular weight excluding hydrogens is 430 g/mol. The van der Waals surface area contributed by atoms with Crippen LogP contribution in [0.25, 0.3) is 11.3 Å². The quantitative estimate of drug-likeness (QED) is 0.374. The maximum absolute atomic E-state index is 12.6. The minimum absolute atomic E-state index is 0.324. The van der Waals surface area contributed by atoms with Gasteiger partial charge >= 0.3 is 6.03 Å². The van der Waals surface area contributed by atoms with Crippen molar-refractivity contribution >= 4 is 29.8 Å². The molecule has 170 valence electrons. The van der Waals surface area contributed by atoms with Crippen molar-refractivity contribution in [3.8, 4) is 11.3 Å². The summed E-state index contributed by atoms with van der Waals surface area (Å²) in [5.41, 5.74) is 0.891. The molecule has 32 heavy (non-hydrogen) atoms. The maximum Gasteiger partial charge on any atom is 0.326 e. The second-order valence-corrected chi connectivity index (χ2v) is 8.62. The lowest BCUT2D eigenvalue weighted by Crippen LogP contribution is -2.44. The first-order valence-corrected chi connectivity index (χ1v) is 11.3. The lowest BCUT2D eigenvalue weighted by molar-refractivity contribution is -0.127. The van der Waals surface area contributed by atoms with Gasteiger partial charge in [0.25, 0.3) is 5.91 Å². The fourth-order valence-electron chi connectivity index (χ4n) is 3.83. The highest BCUT2D eigenvalue weighted by atomic mass is 35.5. The van der Waals surface area contributed by atoms with Gasteiger partial charge in [-0.2, -0.15) is 0 Å². The minimum atomic E-state index is -0.913. The minimum Gasteiger partial charge on any atom is -0.455 e. The summed E-state index contributed by atoms with van der Waals surface area (Å²) in [7, 11) is 2.14. The van der Waals surface area contributed by atoms with Crippen LogP contribution in [0.1, 0.15) is 18.6 Å². The molecule has 0 saturated carbocycles. The van der Waals surface area contributed by atoms with Crippen LogP contribution >= 0.6 is 11.6 Å². The third-order valence-electron chi connectivity index (χ3n) is 5.81. The van der Waals surface area contributed by atoms with Gasteiger partial charge in [0.1, 0.15) is 11.5 Å². The van der Waals surface area contributed by atoms with Gasteiger partial charge < -0.3 is 19.5 Å². The van der Waals surface area contributed by atoms with Gasteiger partial charge in [0.05, 0.1) is 6.21 Å². The Bertz CT molecular complexity index is 966. The monoisotopic (exact) mass is 457 g/mol. The normalized spacial score (nSPS) is 20.4. The van der Waals surface area contributed by atoms with Crippen molar-refractivity contribution in [2.24, 2.45) is 4.99 Å². The molecule has 2 aliphatic rings. The smallest absolute Gasteiger partial charge is 0.326 e. The zero-order valence-electron chi connectivity index (χ0n) is 18.2. The molecule has 4 rings (SSSR count). The molecule has 2 saturated heterocycles. The van der Waals surface area contributed by atoms with Crippen LogP contribution in [0.5, 0.6) is 0 Å². The SMILES string of the molecule is CN1CCN(CCCCN2C(=O)NC(N=Cc3ccc(-c4ccc(Cl)cc4)o3)C2=O)CC1. The van der Waals surface area contributed by atoms with Crippen molar-refractivity contribution in [1.29, 1.82) is 0 Å². The number of carbonyl (C=O) groups excluding carboxylic acids is 2. The summed E-state index contributed by atoms with van der Waals surface area (Å²) in [6.07, 6.45) is 2.29. The Labute approximate surface area is 192 Å². The average molecular weight is 458 g/mol. The van der Waals surface area contributed by atoms with Crippen LogP contribution in [-0.4, -0.2) is 85.3 Å². The Balaban J connectivity index is 1.25. The molecule has 1 unspecified atom stereocenters. The van der Waals surface area contributed by atoms with E-state index in [1.54, 1.807) is 18.2 Å². The Kier molecular flexibility index (Phi) is 7.24. The number of nitrogens with zero attached hydrogens (tertiary/aromatic N) is 4. The zero-order chi connectivity index (χ0) is 22.5. The van der Waals surface area contributed by atoms with Crippen molar-refractivity contribution in [3.63, 3.8) is 0 Å². The third-order valence-corrected chi connectivity index (χ3v) is 6.07. The van der Waals surface area contributed by atoms with Crippen molar-refractivity contribution < 1.29 is 14.0 Å². The number of carbonyl (C=O) groups is 2. The summed E-state index contributed by atoms with van der Waals surface area (Å²) in [4.78, 5) is 35.1. The maximum atomic E-state index is 12.6. The van der Waals surface area contributed by atoms with Crippen LogP contribution in [0.4, 0.5) is 4.79 Å². The van der Waals surface area contributed by atoms with Crippen LogP contribution < -0.4 is 5.32 Å². The van der Waals surface area contributed by atoms with Crippen molar-refractivity contribution in [2.45, 2.75) is 19.0 Å². The number of nitrogens with one attached hydrogen (secondary N) is 1. The van der Waals surface area contributed by atoms with E-state index in [9.17, 15) is 9.59 Å². The van der Waals surface area contributed by atoms with Crippen molar-refractivity contribution in [1.82, 2.24) is 20.0 Å². The number of urea groups is 1. The van der Waals surface area contributed by atoms with E-state index in [1.807, 2.05) is 18.2 Å². The number of hydrogen-bond acceptors (Lipinski definition) is 6. The molecule has 0 bridgehead atoms. The average Bonchev–Trinajstić information content (AvgIpc) is 3.36. The molecule has 0 spiro atoms. The van der Waals surface area contributed by atoms with E-state index in [0.29, 0.717) is 23.1 Å². The second kappa shape index (κ2) is 10.3. The van der Waals surface area contributed by atoms with Crippen molar-refractivity contribution in [2.75, 3.05) is 46.3 Å². The van der Waals surface area contributed by atoms with E-state index >= 15 is 0 Å². The van der Waals surface area contributed by atoms with Gasteiger partial charge in [0, 0.05) is 43.3 Å². The summed E-state index contributed by atoms with van der Waals surface area (Å²) >= 11 is 5.92. The Morgan fingerprint density at radius 3 is 2.53 bits per heavy atom. The van der Waals surface area contributed by atoms with Crippen LogP contribution in [0.2, 0.25) is 5.02 Å². The highest BCUT2D eigenvalue weighted by molar-refractivity contribution is 6.30. The van der Waals surface area contributed by atoms with E-state index in [2.05, 4.69) is 27.2 Å². The predicted molar refractivity (Wildman–Crippen MR) is 124 cm³/mol. The number of hydrogen-bond donors (Lipinski definition) is 1. The number of imide groups is 1. The molecule has 1 N–H and O–H groups in total. The lowest BCUT2D eigenvalue weighted by Gasteiger charge is -2.32. The first-order valence-electron chi connectivity index (χ1n) is 10.9. The van der Waals surface area contributed by atoms with Gasteiger partial charge in [-0.25, -0.2) is 4.79 Å². The summed E-state index contributed by atoms with van der Waals surface area (Å²) in [6.45, 7) is 5.72. The summed E-state index contributed by atoms with van der Waals surface area (Å²) in [6, 6.07) is 10.5. The molecule has 1 atom stereocenters. The third kappa shape index (κ3) is 5.56. The molecule has 2 aromatic rings. The van der Waals surface area contributed by atoms with Crippen molar-refractivity contribution in [3.05, 3.63) is 47.2 Å². The number of halogens is 1. The van der Waals surface area contributed by atoms with Gasteiger partial charge in [-0.15, -0.1) is 0 Å². The topological polar surface area (TPSA) is 81.4 Å². The molecule has 3 heterocycles. The molecule has 8 nitrogen and oxygen atoms in total. The molecular formula is C23H28ClN5O3. The van der Waals surface area contributed by atoms with Gasteiger partial charge in [0.15, 0.2) is 0 Å². The standard InChI is InChI=1S/C23H28ClN5O3/c1-27-12-14-28(15-13-27)10-2-3-11-29-22(30)21(26-23(29)31)25-16-19-8-9-20(32-19)17-4-6-18(24)7-5-17/h4-9,16,21H,2-3,10-15H2,1H3,(H,26,31). The fraction of sp³-hybridized carbons (Fsp3) is 0.435. The Morgan fingerprint density at radius 1 is 1.06 bits per heavy atom. The lowest BCUT2D eigenvalue weighted by atomic mass is 10.2. The number of benzene rings is 1. The number of furan rings is 1.